The van der Waals surface area contributed by atoms with E-state index >= 15 is 0 Å². The van der Waals surface area contributed by atoms with E-state index in [4.69, 9.17) is 9.26 Å². The Hall–Kier alpha value is -1.47. The third-order valence-corrected chi connectivity index (χ3v) is 3.61. The van der Waals surface area contributed by atoms with Crippen molar-refractivity contribution in [1.29, 1.82) is 0 Å². The van der Waals surface area contributed by atoms with Gasteiger partial charge in [0, 0.05) is 39.0 Å². The average Bonchev–Trinajstić information content (AvgIpc) is 2.83. The first-order chi connectivity index (χ1) is 10.5. The van der Waals surface area contributed by atoms with E-state index in [1.165, 1.54) is 0 Å². The van der Waals surface area contributed by atoms with Crippen LogP contribution in [0.15, 0.2) is 4.52 Å². The lowest BCUT2D eigenvalue weighted by molar-refractivity contribution is -0.121. The van der Waals surface area contributed by atoms with E-state index in [1.807, 2.05) is 0 Å². The number of rotatable bonds is 7. The number of morpholine rings is 1. The van der Waals surface area contributed by atoms with E-state index in [1.54, 1.807) is 6.92 Å². The number of carbonyl (C=O) groups excluding carboxylic acids is 1. The molecule has 124 valence electrons. The highest BCUT2D eigenvalue weighted by Gasteiger charge is 2.21. The van der Waals surface area contributed by atoms with Crippen LogP contribution in [0.5, 0.6) is 0 Å². The molecule has 0 unspecified atom stereocenters. The molecule has 0 aliphatic carbocycles. The Morgan fingerprint density at radius 2 is 2.09 bits per heavy atom. The maximum Gasteiger partial charge on any atom is 0.226 e. The topological polar surface area (TPSA) is 80.5 Å². The Morgan fingerprint density at radius 3 is 2.73 bits per heavy atom. The molecule has 2 heterocycles. The highest BCUT2D eigenvalue weighted by atomic mass is 16.5. The van der Waals surface area contributed by atoms with Gasteiger partial charge in [-0.2, -0.15) is 4.98 Å². The molecular formula is C15H26N4O3. The molecule has 1 N–H and O–H groups in total. The van der Waals surface area contributed by atoms with Gasteiger partial charge in [0.15, 0.2) is 5.82 Å². The molecule has 1 fully saturated rings. The summed E-state index contributed by atoms with van der Waals surface area (Å²) in [5.41, 5.74) is 0. The van der Waals surface area contributed by atoms with E-state index < -0.39 is 0 Å². The lowest BCUT2D eigenvalue weighted by Crippen LogP contribution is -2.47. The molecule has 0 bridgehead atoms. The summed E-state index contributed by atoms with van der Waals surface area (Å²) in [4.78, 5) is 18.2. The van der Waals surface area contributed by atoms with Crippen LogP contribution < -0.4 is 5.32 Å². The van der Waals surface area contributed by atoms with Crippen molar-refractivity contribution in [1.82, 2.24) is 20.4 Å². The van der Waals surface area contributed by atoms with Crippen LogP contribution in [0, 0.1) is 6.92 Å². The van der Waals surface area contributed by atoms with Gasteiger partial charge >= 0.3 is 0 Å². The number of aromatic nitrogens is 2. The van der Waals surface area contributed by atoms with Crippen molar-refractivity contribution < 1.29 is 14.1 Å². The molecule has 22 heavy (non-hydrogen) atoms. The zero-order valence-electron chi connectivity index (χ0n) is 13.7. The predicted molar refractivity (Wildman–Crippen MR) is 81.4 cm³/mol. The summed E-state index contributed by atoms with van der Waals surface area (Å²) < 4.78 is 10.7. The minimum Gasteiger partial charge on any atom is -0.373 e. The fourth-order valence-corrected chi connectivity index (χ4v) is 2.75. The smallest absolute Gasteiger partial charge is 0.226 e. The first-order valence-electron chi connectivity index (χ1n) is 7.96. The second kappa shape index (κ2) is 8.24. The molecule has 0 aromatic carbocycles. The highest BCUT2D eigenvalue weighted by Crippen LogP contribution is 2.09. The lowest BCUT2D eigenvalue weighted by Gasteiger charge is -2.35. The van der Waals surface area contributed by atoms with Crippen molar-refractivity contribution in [2.24, 2.45) is 0 Å². The number of ether oxygens (including phenoxy) is 1. The van der Waals surface area contributed by atoms with Gasteiger partial charge in [-0.05, 0) is 27.2 Å². The predicted octanol–water partition coefficient (Wildman–Crippen LogP) is 0.926. The van der Waals surface area contributed by atoms with Crippen molar-refractivity contribution in [2.75, 3.05) is 26.2 Å². The molecule has 1 aliphatic heterocycles. The molecule has 0 spiro atoms. The summed E-state index contributed by atoms with van der Waals surface area (Å²) in [6, 6.07) is 0. The van der Waals surface area contributed by atoms with Gasteiger partial charge in [0.25, 0.3) is 0 Å². The van der Waals surface area contributed by atoms with Crippen molar-refractivity contribution in [2.45, 2.75) is 52.2 Å². The Labute approximate surface area is 131 Å². The normalized spacial score (nSPS) is 22.7. The second-order valence-corrected chi connectivity index (χ2v) is 5.96. The Kier molecular flexibility index (Phi) is 6.33. The van der Waals surface area contributed by atoms with Crippen LogP contribution in [0.2, 0.25) is 0 Å². The largest absolute Gasteiger partial charge is 0.373 e. The van der Waals surface area contributed by atoms with Crippen LogP contribution in [0.25, 0.3) is 0 Å². The molecule has 1 aromatic heterocycles. The van der Waals surface area contributed by atoms with Gasteiger partial charge in [-0.25, -0.2) is 0 Å². The van der Waals surface area contributed by atoms with E-state index in [0.29, 0.717) is 31.1 Å². The number of amides is 1. The van der Waals surface area contributed by atoms with Gasteiger partial charge in [0.2, 0.25) is 11.8 Å². The van der Waals surface area contributed by atoms with Crippen molar-refractivity contribution >= 4 is 5.91 Å². The minimum absolute atomic E-state index is 0.0746. The van der Waals surface area contributed by atoms with Gasteiger partial charge in [-0.1, -0.05) is 5.16 Å². The quantitative estimate of drug-likeness (QED) is 0.807. The summed E-state index contributed by atoms with van der Waals surface area (Å²) in [7, 11) is 0. The summed E-state index contributed by atoms with van der Waals surface area (Å²) in [6.45, 7) is 9.35. The molecule has 7 heteroatoms. The van der Waals surface area contributed by atoms with E-state index in [0.717, 1.165) is 26.1 Å². The number of nitrogens with one attached hydrogen (secondary N) is 1. The minimum atomic E-state index is 0.0746. The average molecular weight is 310 g/mol. The molecule has 1 aliphatic rings. The molecule has 0 radical (unpaired) electrons. The first-order valence-corrected chi connectivity index (χ1v) is 7.96. The highest BCUT2D eigenvalue weighted by molar-refractivity contribution is 5.75. The van der Waals surface area contributed by atoms with Crippen LogP contribution in [0.1, 0.15) is 38.4 Å². The Morgan fingerprint density at radius 1 is 1.36 bits per heavy atom. The maximum absolute atomic E-state index is 11.8. The third-order valence-electron chi connectivity index (χ3n) is 3.61. The third kappa shape index (κ3) is 5.73. The van der Waals surface area contributed by atoms with Crippen LogP contribution >= 0.6 is 0 Å². The molecule has 2 atom stereocenters. The Bertz CT molecular complexity index is 467. The van der Waals surface area contributed by atoms with Gasteiger partial charge in [0.05, 0.1) is 12.2 Å². The summed E-state index contributed by atoms with van der Waals surface area (Å²) in [6.07, 6.45) is 2.37. The summed E-state index contributed by atoms with van der Waals surface area (Å²) in [5.74, 6) is 1.31. The first kappa shape index (κ1) is 16.9. The number of aryl methyl sites for hydroxylation is 2. The molecule has 7 nitrogen and oxygen atoms in total. The van der Waals surface area contributed by atoms with Crippen LogP contribution in [-0.2, 0) is 16.0 Å². The van der Waals surface area contributed by atoms with E-state index in [9.17, 15) is 4.79 Å². The zero-order valence-corrected chi connectivity index (χ0v) is 13.7. The molecule has 1 saturated heterocycles. The standard InChI is InChI=1S/C15H26N4O3/c1-11-9-19(10-12(2)21-11)8-7-16-14(20)5-4-6-15-17-13(3)18-22-15/h11-12H,4-10H2,1-3H3,(H,16,20)/t11-,12+. The van der Waals surface area contributed by atoms with Crippen LogP contribution in [0.4, 0.5) is 0 Å². The van der Waals surface area contributed by atoms with E-state index in [2.05, 4.69) is 34.2 Å². The maximum atomic E-state index is 11.8. The molecule has 0 saturated carbocycles. The van der Waals surface area contributed by atoms with Crippen molar-refractivity contribution in [3.8, 4) is 0 Å². The fraction of sp³-hybridized carbons (Fsp3) is 0.800. The van der Waals surface area contributed by atoms with Crippen molar-refractivity contribution in [3.05, 3.63) is 11.7 Å². The van der Waals surface area contributed by atoms with Crippen LogP contribution in [-0.4, -0.2) is 59.3 Å². The van der Waals surface area contributed by atoms with Crippen molar-refractivity contribution in [3.63, 3.8) is 0 Å². The molecule has 1 aromatic rings. The fourth-order valence-electron chi connectivity index (χ4n) is 2.75. The molecule has 2 rings (SSSR count). The van der Waals surface area contributed by atoms with Crippen LogP contribution in [0.3, 0.4) is 0 Å². The summed E-state index contributed by atoms with van der Waals surface area (Å²) >= 11 is 0. The van der Waals surface area contributed by atoms with Gasteiger partial charge in [0.1, 0.15) is 0 Å². The number of hydrogen-bond donors (Lipinski definition) is 1. The summed E-state index contributed by atoms with van der Waals surface area (Å²) in [5, 5.41) is 6.69. The SMILES string of the molecule is Cc1noc(CCCC(=O)NCCN2C[C@@H](C)O[C@@H](C)C2)n1. The Balaban J connectivity index is 1.55. The lowest BCUT2D eigenvalue weighted by atomic mass is 10.2. The van der Waals surface area contributed by atoms with Gasteiger partial charge in [-0.3, -0.25) is 9.69 Å². The van der Waals surface area contributed by atoms with Gasteiger partial charge in [-0.15, -0.1) is 0 Å². The second-order valence-electron chi connectivity index (χ2n) is 5.96. The zero-order chi connectivity index (χ0) is 15.9. The number of hydrogen-bond acceptors (Lipinski definition) is 6. The molecular weight excluding hydrogens is 284 g/mol. The monoisotopic (exact) mass is 310 g/mol. The van der Waals surface area contributed by atoms with Gasteiger partial charge < -0.3 is 14.6 Å². The van der Waals surface area contributed by atoms with E-state index in [-0.39, 0.29) is 18.1 Å². The molecule has 1 amide bonds. The number of carbonyl (C=O) groups is 1. The number of nitrogens with zero attached hydrogens (tertiary/aromatic N) is 3.